The lowest BCUT2D eigenvalue weighted by atomic mass is 10.0. The Kier molecular flexibility index (Phi) is 2.12. The summed E-state index contributed by atoms with van der Waals surface area (Å²) in [5.74, 6) is 0.0414. The Labute approximate surface area is 83.6 Å². The SMILES string of the molecule is C=C(C)C(=O)c1ccc2c(c1)CCN2. The van der Waals surface area contributed by atoms with Gasteiger partial charge in [0.25, 0.3) is 0 Å². The molecule has 0 fully saturated rings. The van der Waals surface area contributed by atoms with Crippen LogP contribution in [0.1, 0.15) is 22.8 Å². The number of carbonyl (C=O) groups excluding carboxylic acids is 1. The van der Waals surface area contributed by atoms with Crippen LogP contribution < -0.4 is 5.32 Å². The van der Waals surface area contributed by atoms with E-state index in [0.29, 0.717) is 5.57 Å². The summed E-state index contributed by atoms with van der Waals surface area (Å²) < 4.78 is 0. The number of rotatable bonds is 2. The zero-order valence-corrected chi connectivity index (χ0v) is 8.26. The number of nitrogens with one attached hydrogen (secondary N) is 1. The van der Waals surface area contributed by atoms with E-state index in [1.54, 1.807) is 6.92 Å². The van der Waals surface area contributed by atoms with Crippen molar-refractivity contribution in [3.63, 3.8) is 0 Å². The van der Waals surface area contributed by atoms with Gasteiger partial charge in [0.2, 0.25) is 0 Å². The Bertz CT molecular complexity index is 407. The van der Waals surface area contributed by atoms with Gasteiger partial charge in [-0.3, -0.25) is 4.79 Å². The van der Waals surface area contributed by atoms with Gasteiger partial charge in [0.05, 0.1) is 0 Å². The van der Waals surface area contributed by atoms with Crippen molar-refractivity contribution in [2.45, 2.75) is 13.3 Å². The number of hydrogen-bond acceptors (Lipinski definition) is 2. The third-order valence-corrected chi connectivity index (χ3v) is 2.46. The van der Waals surface area contributed by atoms with E-state index in [2.05, 4.69) is 11.9 Å². The molecule has 1 aromatic carbocycles. The third kappa shape index (κ3) is 1.43. The fourth-order valence-corrected chi connectivity index (χ4v) is 1.69. The van der Waals surface area contributed by atoms with Crippen LogP contribution >= 0.6 is 0 Å². The fourth-order valence-electron chi connectivity index (χ4n) is 1.69. The minimum absolute atomic E-state index is 0.0414. The van der Waals surface area contributed by atoms with E-state index < -0.39 is 0 Å². The van der Waals surface area contributed by atoms with E-state index in [9.17, 15) is 4.79 Å². The maximum Gasteiger partial charge on any atom is 0.188 e. The molecule has 0 saturated heterocycles. The number of anilines is 1. The average Bonchev–Trinajstić information content (AvgIpc) is 2.62. The van der Waals surface area contributed by atoms with E-state index in [1.165, 1.54) is 5.56 Å². The molecule has 2 nitrogen and oxygen atoms in total. The van der Waals surface area contributed by atoms with Gasteiger partial charge >= 0.3 is 0 Å². The Morgan fingerprint density at radius 3 is 3.00 bits per heavy atom. The second-order valence-corrected chi connectivity index (χ2v) is 3.66. The number of hydrogen-bond donors (Lipinski definition) is 1. The van der Waals surface area contributed by atoms with Crippen LogP contribution in [-0.2, 0) is 6.42 Å². The molecule has 0 spiro atoms. The number of benzene rings is 1. The van der Waals surface area contributed by atoms with Crippen molar-refractivity contribution in [2.24, 2.45) is 0 Å². The molecule has 0 bridgehead atoms. The largest absolute Gasteiger partial charge is 0.384 e. The van der Waals surface area contributed by atoms with E-state index in [0.717, 1.165) is 24.2 Å². The second kappa shape index (κ2) is 3.29. The maximum absolute atomic E-state index is 11.6. The highest BCUT2D eigenvalue weighted by Gasteiger charge is 2.13. The van der Waals surface area contributed by atoms with Crippen LogP contribution in [0.5, 0.6) is 0 Å². The fraction of sp³-hybridized carbons (Fsp3) is 0.250. The molecule has 14 heavy (non-hydrogen) atoms. The van der Waals surface area contributed by atoms with E-state index in [1.807, 2.05) is 18.2 Å². The first-order chi connectivity index (χ1) is 6.68. The van der Waals surface area contributed by atoms with E-state index in [-0.39, 0.29) is 5.78 Å². The van der Waals surface area contributed by atoms with Gasteiger partial charge in [0, 0.05) is 17.8 Å². The van der Waals surface area contributed by atoms with Gasteiger partial charge in [0.1, 0.15) is 0 Å². The zero-order valence-electron chi connectivity index (χ0n) is 8.26. The average molecular weight is 187 g/mol. The summed E-state index contributed by atoms with van der Waals surface area (Å²) in [6.07, 6.45) is 1.01. The van der Waals surface area contributed by atoms with Gasteiger partial charge < -0.3 is 5.32 Å². The highest BCUT2D eigenvalue weighted by atomic mass is 16.1. The Balaban J connectivity index is 2.38. The summed E-state index contributed by atoms with van der Waals surface area (Å²) in [6, 6.07) is 5.79. The molecule has 1 heterocycles. The van der Waals surface area contributed by atoms with Crippen molar-refractivity contribution in [3.05, 3.63) is 41.5 Å². The molecule has 0 aromatic heterocycles. The number of ketones is 1. The smallest absolute Gasteiger partial charge is 0.188 e. The monoisotopic (exact) mass is 187 g/mol. The van der Waals surface area contributed by atoms with Crippen molar-refractivity contribution in [3.8, 4) is 0 Å². The van der Waals surface area contributed by atoms with Crippen molar-refractivity contribution in [1.82, 2.24) is 0 Å². The molecule has 1 aliphatic heterocycles. The highest BCUT2D eigenvalue weighted by Crippen LogP contribution is 2.23. The van der Waals surface area contributed by atoms with Gasteiger partial charge in [-0.15, -0.1) is 0 Å². The zero-order chi connectivity index (χ0) is 10.1. The first-order valence-corrected chi connectivity index (χ1v) is 4.75. The molecule has 0 radical (unpaired) electrons. The summed E-state index contributed by atoms with van der Waals surface area (Å²) in [7, 11) is 0. The molecule has 0 atom stereocenters. The standard InChI is InChI=1S/C12H13NO/c1-8(2)12(14)10-3-4-11-9(7-10)5-6-13-11/h3-4,7,13H,1,5-6H2,2H3. The topological polar surface area (TPSA) is 29.1 Å². The number of Topliss-reactive ketones (excluding diaryl/α,β-unsaturated/α-hetero) is 1. The summed E-state index contributed by atoms with van der Waals surface area (Å²) >= 11 is 0. The van der Waals surface area contributed by atoms with Crippen molar-refractivity contribution < 1.29 is 4.79 Å². The van der Waals surface area contributed by atoms with Gasteiger partial charge in [-0.05, 0) is 42.7 Å². The number of carbonyl (C=O) groups is 1. The second-order valence-electron chi connectivity index (χ2n) is 3.66. The maximum atomic E-state index is 11.6. The first kappa shape index (κ1) is 9.00. The van der Waals surface area contributed by atoms with Gasteiger partial charge in [0.15, 0.2) is 5.78 Å². The number of fused-ring (bicyclic) bond motifs is 1. The Hall–Kier alpha value is -1.57. The van der Waals surface area contributed by atoms with Crippen molar-refractivity contribution >= 4 is 11.5 Å². The molecule has 2 heteroatoms. The first-order valence-electron chi connectivity index (χ1n) is 4.75. The van der Waals surface area contributed by atoms with Gasteiger partial charge in [-0.25, -0.2) is 0 Å². The third-order valence-electron chi connectivity index (χ3n) is 2.46. The molecular formula is C12H13NO. The lowest BCUT2D eigenvalue weighted by Crippen LogP contribution is -1.99. The molecule has 72 valence electrons. The van der Waals surface area contributed by atoms with Crippen LogP contribution in [0.25, 0.3) is 0 Å². The summed E-state index contributed by atoms with van der Waals surface area (Å²) in [6.45, 7) is 6.38. The number of allylic oxidation sites excluding steroid dienone is 1. The lowest BCUT2D eigenvalue weighted by molar-refractivity contribution is 0.103. The summed E-state index contributed by atoms with van der Waals surface area (Å²) in [4.78, 5) is 11.6. The van der Waals surface area contributed by atoms with Crippen LogP contribution in [0.3, 0.4) is 0 Å². The molecule has 1 aromatic rings. The molecule has 0 saturated carbocycles. The molecule has 0 amide bonds. The molecule has 0 aliphatic carbocycles. The van der Waals surface area contributed by atoms with Crippen LogP contribution in [-0.4, -0.2) is 12.3 Å². The molecule has 2 rings (SSSR count). The van der Waals surface area contributed by atoms with Crippen molar-refractivity contribution in [1.29, 1.82) is 0 Å². The van der Waals surface area contributed by atoms with E-state index in [4.69, 9.17) is 0 Å². The minimum Gasteiger partial charge on any atom is -0.384 e. The predicted molar refractivity (Wildman–Crippen MR) is 57.8 cm³/mol. The van der Waals surface area contributed by atoms with Crippen LogP contribution in [0.15, 0.2) is 30.4 Å². The van der Waals surface area contributed by atoms with Crippen LogP contribution in [0.4, 0.5) is 5.69 Å². The van der Waals surface area contributed by atoms with Gasteiger partial charge in [-0.1, -0.05) is 6.58 Å². The lowest BCUT2D eigenvalue weighted by Gasteiger charge is -2.03. The molecule has 0 unspecified atom stereocenters. The van der Waals surface area contributed by atoms with Crippen LogP contribution in [0.2, 0.25) is 0 Å². The van der Waals surface area contributed by atoms with Crippen molar-refractivity contribution in [2.75, 3.05) is 11.9 Å². The Morgan fingerprint density at radius 1 is 1.50 bits per heavy atom. The normalized spacial score (nSPS) is 13.2. The molecule has 1 aliphatic rings. The molecule has 1 N–H and O–H groups in total. The quantitative estimate of drug-likeness (QED) is 0.569. The summed E-state index contributed by atoms with van der Waals surface area (Å²) in [5, 5.41) is 3.26. The minimum atomic E-state index is 0.0414. The van der Waals surface area contributed by atoms with Gasteiger partial charge in [-0.2, -0.15) is 0 Å². The van der Waals surface area contributed by atoms with Crippen LogP contribution in [0, 0.1) is 0 Å². The Morgan fingerprint density at radius 2 is 2.29 bits per heavy atom. The highest BCUT2D eigenvalue weighted by molar-refractivity contribution is 6.08. The van der Waals surface area contributed by atoms with E-state index >= 15 is 0 Å². The molecular weight excluding hydrogens is 174 g/mol. The summed E-state index contributed by atoms with van der Waals surface area (Å²) in [5.41, 5.74) is 3.73. The predicted octanol–water partition coefficient (Wildman–Crippen LogP) is 2.41.